The Bertz CT molecular complexity index is 202. The summed E-state index contributed by atoms with van der Waals surface area (Å²) in [7, 11) is 0. The molecular weight excluding hydrogens is 228 g/mol. The highest BCUT2D eigenvalue weighted by atomic mass is 14.3. The second-order valence-corrected chi connectivity index (χ2v) is 5.91. The first kappa shape index (κ1) is 18.7. The molecule has 19 heavy (non-hydrogen) atoms. The van der Waals surface area contributed by atoms with Gasteiger partial charge in [-0.05, 0) is 37.5 Å². The minimum Gasteiger partial charge on any atom is -0.0996 e. The molecule has 0 aromatic heterocycles. The number of hydrogen-bond acceptors (Lipinski definition) is 0. The molecule has 0 heteroatoms. The van der Waals surface area contributed by atoms with Gasteiger partial charge in [-0.2, -0.15) is 0 Å². The molecule has 0 spiro atoms. The minimum absolute atomic E-state index is 0.915. The fourth-order valence-corrected chi connectivity index (χ4v) is 3.18. The normalized spacial score (nSPS) is 26.6. The lowest BCUT2D eigenvalue weighted by molar-refractivity contribution is 0.368. The average Bonchev–Trinajstić information content (AvgIpc) is 2.85. The van der Waals surface area contributed by atoms with Crippen molar-refractivity contribution in [3.63, 3.8) is 0 Å². The van der Waals surface area contributed by atoms with Crippen LogP contribution in [0.1, 0.15) is 98.3 Å². The number of rotatable bonds is 1. The topological polar surface area (TPSA) is 0 Å². The van der Waals surface area contributed by atoms with Crippen LogP contribution in [0.25, 0.3) is 0 Å². The molecule has 0 nitrogen and oxygen atoms in total. The smallest absolute Gasteiger partial charge is 0.0177 e. The van der Waals surface area contributed by atoms with Crippen LogP contribution in [0.2, 0.25) is 0 Å². The van der Waals surface area contributed by atoms with E-state index in [9.17, 15) is 0 Å². The maximum absolute atomic E-state index is 4.24. The van der Waals surface area contributed by atoms with Crippen molar-refractivity contribution in [1.82, 2.24) is 0 Å². The van der Waals surface area contributed by atoms with E-state index in [-0.39, 0.29) is 0 Å². The summed E-state index contributed by atoms with van der Waals surface area (Å²) in [6.45, 7) is 12.6. The van der Waals surface area contributed by atoms with Crippen LogP contribution in [0, 0.1) is 11.8 Å². The van der Waals surface area contributed by atoms with Crippen LogP contribution in [-0.4, -0.2) is 0 Å². The van der Waals surface area contributed by atoms with Gasteiger partial charge in [0, 0.05) is 0 Å². The Morgan fingerprint density at radius 2 is 1.37 bits per heavy atom. The van der Waals surface area contributed by atoms with Crippen molar-refractivity contribution >= 4 is 0 Å². The lowest BCUT2D eigenvalue weighted by Gasteiger charge is -2.18. The summed E-state index contributed by atoms with van der Waals surface area (Å²) in [5.74, 6) is 1.93. The molecule has 2 saturated carbocycles. The Kier molecular flexibility index (Phi) is 12.6. The summed E-state index contributed by atoms with van der Waals surface area (Å²) in [5, 5.41) is 0. The highest BCUT2D eigenvalue weighted by molar-refractivity contribution is 5.08. The highest BCUT2D eigenvalue weighted by Gasteiger charge is 2.29. The van der Waals surface area contributed by atoms with Crippen molar-refractivity contribution in [3.8, 4) is 0 Å². The molecule has 114 valence electrons. The zero-order chi connectivity index (χ0) is 14.5. The summed E-state index contributed by atoms with van der Waals surface area (Å²) in [6.07, 6.45) is 15.7. The Balaban J connectivity index is 0.000000467. The minimum atomic E-state index is 0.915. The maximum Gasteiger partial charge on any atom is -0.0177 e. The van der Waals surface area contributed by atoms with Crippen molar-refractivity contribution in [2.45, 2.75) is 98.3 Å². The van der Waals surface area contributed by atoms with Crippen LogP contribution in [0.15, 0.2) is 12.2 Å². The van der Waals surface area contributed by atoms with Gasteiger partial charge in [0.1, 0.15) is 0 Å². The lowest BCUT2D eigenvalue weighted by atomic mass is 9.87. The first-order chi connectivity index (χ1) is 9.29. The first-order valence-corrected chi connectivity index (χ1v) is 8.97. The Morgan fingerprint density at radius 1 is 0.842 bits per heavy atom. The van der Waals surface area contributed by atoms with Gasteiger partial charge in [0.25, 0.3) is 0 Å². The molecule has 2 rings (SSSR count). The van der Waals surface area contributed by atoms with Gasteiger partial charge in [-0.3, -0.25) is 0 Å². The number of allylic oxidation sites excluding steroid dienone is 1. The number of unbranched alkanes of at least 4 members (excludes halogenated alkanes) is 1. The van der Waals surface area contributed by atoms with Gasteiger partial charge in [-0.15, -0.1) is 0 Å². The van der Waals surface area contributed by atoms with Gasteiger partial charge in [0.15, 0.2) is 0 Å². The van der Waals surface area contributed by atoms with E-state index < -0.39 is 0 Å². The van der Waals surface area contributed by atoms with Crippen molar-refractivity contribution in [2.75, 3.05) is 0 Å². The fourth-order valence-electron chi connectivity index (χ4n) is 3.18. The third-order valence-electron chi connectivity index (χ3n) is 4.52. The molecule has 0 aromatic carbocycles. The molecule has 2 aliphatic carbocycles. The molecule has 0 aromatic rings. The molecule has 2 fully saturated rings. The summed E-state index contributed by atoms with van der Waals surface area (Å²) in [5.41, 5.74) is 1.58. The van der Waals surface area contributed by atoms with Crippen LogP contribution < -0.4 is 0 Å². The summed E-state index contributed by atoms with van der Waals surface area (Å²) in [4.78, 5) is 0. The quantitative estimate of drug-likeness (QED) is 0.442. The van der Waals surface area contributed by atoms with Crippen LogP contribution in [0.4, 0.5) is 0 Å². The van der Waals surface area contributed by atoms with E-state index in [1.807, 2.05) is 13.8 Å². The van der Waals surface area contributed by atoms with E-state index in [1.54, 1.807) is 5.57 Å². The molecular formula is C19H38. The molecule has 2 atom stereocenters. The van der Waals surface area contributed by atoms with Crippen molar-refractivity contribution in [3.05, 3.63) is 12.2 Å². The van der Waals surface area contributed by atoms with Gasteiger partial charge in [-0.1, -0.05) is 84.8 Å². The van der Waals surface area contributed by atoms with Crippen LogP contribution in [-0.2, 0) is 0 Å². The van der Waals surface area contributed by atoms with Gasteiger partial charge in [0.2, 0.25) is 0 Å². The molecule has 0 heterocycles. The third-order valence-corrected chi connectivity index (χ3v) is 4.52. The fraction of sp³-hybridized carbons (Fsp3) is 0.895. The first-order valence-electron chi connectivity index (χ1n) is 8.97. The average molecular weight is 267 g/mol. The van der Waals surface area contributed by atoms with E-state index in [2.05, 4.69) is 20.4 Å². The van der Waals surface area contributed by atoms with E-state index in [0.717, 1.165) is 11.8 Å². The standard InChI is InChI=1S/C13H22.C4H10.C2H6/c1-11-9-10-12-7-5-3-2-4-6-8-13(11)12;1-3-4-2;1-2/h12-13H,1-10H2;3-4H2,1-2H3;1-2H3. The molecule has 0 amide bonds. The third kappa shape index (κ3) is 7.80. The Morgan fingerprint density at radius 3 is 1.95 bits per heavy atom. The monoisotopic (exact) mass is 266 g/mol. The molecule has 0 bridgehead atoms. The van der Waals surface area contributed by atoms with Crippen LogP contribution >= 0.6 is 0 Å². The molecule has 0 N–H and O–H groups in total. The molecule has 2 aliphatic rings. The zero-order valence-corrected chi connectivity index (χ0v) is 14.1. The van der Waals surface area contributed by atoms with Gasteiger partial charge < -0.3 is 0 Å². The Labute approximate surface area is 123 Å². The summed E-state index contributed by atoms with van der Waals surface area (Å²) >= 11 is 0. The number of hydrogen-bond donors (Lipinski definition) is 0. The Hall–Kier alpha value is -0.260. The molecule has 0 radical (unpaired) electrons. The van der Waals surface area contributed by atoms with Crippen LogP contribution in [0.3, 0.4) is 0 Å². The summed E-state index contributed by atoms with van der Waals surface area (Å²) < 4.78 is 0. The van der Waals surface area contributed by atoms with E-state index >= 15 is 0 Å². The second-order valence-electron chi connectivity index (χ2n) is 5.91. The lowest BCUT2D eigenvalue weighted by Crippen LogP contribution is -2.08. The predicted molar refractivity (Wildman–Crippen MR) is 89.6 cm³/mol. The van der Waals surface area contributed by atoms with Crippen molar-refractivity contribution in [2.24, 2.45) is 11.8 Å². The van der Waals surface area contributed by atoms with E-state index in [1.165, 1.54) is 70.6 Å². The van der Waals surface area contributed by atoms with Crippen molar-refractivity contribution in [1.29, 1.82) is 0 Å². The van der Waals surface area contributed by atoms with Crippen molar-refractivity contribution < 1.29 is 0 Å². The molecule has 2 unspecified atom stereocenters. The zero-order valence-electron chi connectivity index (χ0n) is 14.1. The van der Waals surface area contributed by atoms with Gasteiger partial charge >= 0.3 is 0 Å². The largest absolute Gasteiger partial charge is 0.0996 e. The summed E-state index contributed by atoms with van der Waals surface area (Å²) in [6, 6.07) is 0. The second kappa shape index (κ2) is 12.8. The van der Waals surface area contributed by atoms with Gasteiger partial charge in [-0.25, -0.2) is 0 Å². The highest BCUT2D eigenvalue weighted by Crippen LogP contribution is 2.42. The van der Waals surface area contributed by atoms with E-state index in [4.69, 9.17) is 0 Å². The molecule has 0 saturated heterocycles. The predicted octanol–water partition coefficient (Wildman–Crippen LogP) is 7.15. The SMILES string of the molecule is C=C1CCC2CCCCCCCC12.CC.CCCC. The maximum atomic E-state index is 4.24. The number of fused-ring (bicyclic) bond motifs is 1. The van der Waals surface area contributed by atoms with Crippen LogP contribution in [0.5, 0.6) is 0 Å². The van der Waals surface area contributed by atoms with Gasteiger partial charge in [0.05, 0.1) is 0 Å². The molecule has 0 aliphatic heterocycles. The van der Waals surface area contributed by atoms with E-state index in [0.29, 0.717) is 0 Å².